The fourth-order valence-electron chi connectivity index (χ4n) is 1.25. The number of rotatable bonds is 4. The molecule has 0 atom stereocenters. The molecule has 15 heavy (non-hydrogen) atoms. The van der Waals surface area contributed by atoms with Crippen LogP contribution in [0.3, 0.4) is 0 Å². The standard InChI is InChI=1S/C11H14Cl2FN/c1-8-5-10(13)9(6-11(8)14)3-4-15(2)7-12/h5-6H,3-4,7H2,1-2H3. The molecule has 84 valence electrons. The van der Waals surface area contributed by atoms with E-state index >= 15 is 0 Å². The van der Waals surface area contributed by atoms with Gasteiger partial charge in [-0.05, 0) is 43.7 Å². The van der Waals surface area contributed by atoms with Crippen molar-refractivity contribution in [2.24, 2.45) is 0 Å². The van der Waals surface area contributed by atoms with Crippen LogP contribution in [-0.4, -0.2) is 24.5 Å². The van der Waals surface area contributed by atoms with E-state index in [1.165, 1.54) is 6.07 Å². The number of nitrogens with zero attached hydrogens (tertiary/aromatic N) is 1. The number of hydrogen-bond donors (Lipinski definition) is 0. The quantitative estimate of drug-likeness (QED) is 0.584. The molecule has 0 aromatic heterocycles. The van der Waals surface area contributed by atoms with Crippen LogP contribution in [-0.2, 0) is 6.42 Å². The van der Waals surface area contributed by atoms with Crippen LogP contribution in [0.15, 0.2) is 12.1 Å². The first kappa shape index (κ1) is 12.8. The molecular formula is C11H14Cl2FN. The largest absolute Gasteiger partial charge is 0.293 e. The Balaban J connectivity index is 2.73. The van der Waals surface area contributed by atoms with Gasteiger partial charge >= 0.3 is 0 Å². The van der Waals surface area contributed by atoms with Crippen LogP contribution in [0.25, 0.3) is 0 Å². The van der Waals surface area contributed by atoms with E-state index < -0.39 is 0 Å². The molecule has 1 aromatic carbocycles. The average molecular weight is 250 g/mol. The molecule has 0 N–H and O–H groups in total. The van der Waals surface area contributed by atoms with Crippen LogP contribution < -0.4 is 0 Å². The molecule has 0 saturated carbocycles. The van der Waals surface area contributed by atoms with Crippen molar-refractivity contribution in [3.63, 3.8) is 0 Å². The molecule has 1 rings (SSSR count). The molecule has 4 heteroatoms. The van der Waals surface area contributed by atoms with Gasteiger partial charge in [0.2, 0.25) is 0 Å². The maximum Gasteiger partial charge on any atom is 0.126 e. The van der Waals surface area contributed by atoms with Gasteiger partial charge in [0.25, 0.3) is 0 Å². The Kier molecular flexibility index (Phi) is 4.84. The number of benzene rings is 1. The molecule has 0 aliphatic rings. The Hall–Kier alpha value is -0.310. The minimum atomic E-state index is -0.206. The van der Waals surface area contributed by atoms with Crippen molar-refractivity contribution in [2.75, 3.05) is 19.6 Å². The summed E-state index contributed by atoms with van der Waals surface area (Å²) in [7, 11) is 1.91. The van der Waals surface area contributed by atoms with Crippen LogP contribution in [0.2, 0.25) is 5.02 Å². The number of hydrogen-bond acceptors (Lipinski definition) is 1. The summed E-state index contributed by atoms with van der Waals surface area (Å²) in [6, 6.07) is 3.62. The first-order valence-corrected chi connectivity index (χ1v) is 5.65. The molecule has 0 saturated heterocycles. The zero-order valence-corrected chi connectivity index (χ0v) is 10.4. The van der Waals surface area contributed by atoms with Gasteiger partial charge in [-0.2, -0.15) is 0 Å². The van der Waals surface area contributed by atoms with Gasteiger partial charge in [0, 0.05) is 11.6 Å². The molecule has 0 bridgehead atoms. The minimum Gasteiger partial charge on any atom is -0.293 e. The Bertz CT molecular complexity index is 342. The second kappa shape index (κ2) is 5.69. The molecule has 0 fully saturated rings. The predicted molar refractivity (Wildman–Crippen MR) is 63.2 cm³/mol. The Labute approximate surface area is 99.8 Å². The number of alkyl halides is 1. The molecule has 0 spiro atoms. The number of likely N-dealkylation sites (N-methyl/N-ethyl adjacent to an activating group) is 1. The van der Waals surface area contributed by atoms with Gasteiger partial charge in [0.05, 0.1) is 6.00 Å². The first-order chi connectivity index (χ1) is 7.04. The van der Waals surface area contributed by atoms with E-state index in [0.29, 0.717) is 23.0 Å². The molecule has 0 unspecified atom stereocenters. The van der Waals surface area contributed by atoms with Crippen molar-refractivity contribution < 1.29 is 4.39 Å². The molecule has 1 nitrogen and oxygen atoms in total. The van der Waals surface area contributed by atoms with E-state index in [2.05, 4.69) is 0 Å². The Morgan fingerprint density at radius 2 is 2.07 bits per heavy atom. The van der Waals surface area contributed by atoms with Crippen molar-refractivity contribution in [3.8, 4) is 0 Å². The van der Waals surface area contributed by atoms with Crippen LogP contribution in [0, 0.1) is 12.7 Å². The molecule has 0 amide bonds. The highest BCUT2D eigenvalue weighted by Gasteiger charge is 2.06. The number of halogens is 3. The van der Waals surface area contributed by atoms with Crippen LogP contribution in [0.4, 0.5) is 4.39 Å². The maximum atomic E-state index is 13.3. The van der Waals surface area contributed by atoms with Crippen molar-refractivity contribution in [1.29, 1.82) is 0 Å². The highest BCUT2D eigenvalue weighted by atomic mass is 35.5. The summed E-state index contributed by atoms with van der Waals surface area (Å²) >= 11 is 11.6. The average Bonchev–Trinajstić information content (AvgIpc) is 2.21. The third-order valence-electron chi connectivity index (χ3n) is 2.29. The van der Waals surface area contributed by atoms with Gasteiger partial charge in [0.15, 0.2) is 0 Å². The summed E-state index contributed by atoms with van der Waals surface area (Å²) in [5.74, 6) is -0.206. The lowest BCUT2D eigenvalue weighted by molar-refractivity contribution is 0.394. The number of aryl methyl sites for hydroxylation is 1. The van der Waals surface area contributed by atoms with E-state index in [1.807, 2.05) is 11.9 Å². The predicted octanol–water partition coefficient (Wildman–Crippen LogP) is 3.46. The van der Waals surface area contributed by atoms with Gasteiger partial charge < -0.3 is 0 Å². The molecule has 0 aliphatic carbocycles. The van der Waals surface area contributed by atoms with Crippen LogP contribution in [0.5, 0.6) is 0 Å². The third kappa shape index (κ3) is 3.63. The lowest BCUT2D eigenvalue weighted by Crippen LogP contribution is -2.19. The van der Waals surface area contributed by atoms with Gasteiger partial charge in [-0.1, -0.05) is 11.6 Å². The second-order valence-corrected chi connectivity index (χ2v) is 4.29. The lowest BCUT2D eigenvalue weighted by atomic mass is 10.1. The van der Waals surface area contributed by atoms with Gasteiger partial charge in [0.1, 0.15) is 5.82 Å². The smallest absolute Gasteiger partial charge is 0.126 e. The monoisotopic (exact) mass is 249 g/mol. The fraction of sp³-hybridized carbons (Fsp3) is 0.455. The first-order valence-electron chi connectivity index (χ1n) is 4.73. The second-order valence-electron chi connectivity index (χ2n) is 3.64. The Morgan fingerprint density at radius 3 is 2.67 bits per heavy atom. The summed E-state index contributed by atoms with van der Waals surface area (Å²) in [5, 5.41) is 0.622. The normalized spacial score (nSPS) is 11.1. The molecule has 0 aliphatic heterocycles. The summed E-state index contributed by atoms with van der Waals surface area (Å²) in [6.45, 7) is 2.47. The zero-order valence-electron chi connectivity index (χ0n) is 8.86. The van der Waals surface area contributed by atoms with Crippen molar-refractivity contribution in [2.45, 2.75) is 13.3 Å². The summed E-state index contributed by atoms with van der Waals surface area (Å²) in [6.07, 6.45) is 0.708. The van der Waals surface area contributed by atoms with Crippen LogP contribution in [0.1, 0.15) is 11.1 Å². The highest BCUT2D eigenvalue weighted by molar-refractivity contribution is 6.31. The van der Waals surface area contributed by atoms with Gasteiger partial charge in [-0.25, -0.2) is 4.39 Å². The fourth-order valence-corrected chi connectivity index (χ4v) is 1.68. The summed E-state index contributed by atoms with van der Waals surface area (Å²) < 4.78 is 13.3. The van der Waals surface area contributed by atoms with Crippen molar-refractivity contribution >= 4 is 23.2 Å². The van der Waals surface area contributed by atoms with E-state index in [4.69, 9.17) is 23.2 Å². The van der Waals surface area contributed by atoms with Gasteiger partial charge in [-0.3, -0.25) is 4.90 Å². The van der Waals surface area contributed by atoms with E-state index in [1.54, 1.807) is 13.0 Å². The SMILES string of the molecule is Cc1cc(Cl)c(CCN(C)CCl)cc1F. The molecular weight excluding hydrogens is 236 g/mol. The lowest BCUT2D eigenvalue weighted by Gasteiger charge is -2.13. The summed E-state index contributed by atoms with van der Waals surface area (Å²) in [4.78, 5) is 1.94. The van der Waals surface area contributed by atoms with Crippen molar-refractivity contribution in [3.05, 3.63) is 34.1 Å². The zero-order chi connectivity index (χ0) is 11.4. The van der Waals surface area contributed by atoms with E-state index in [9.17, 15) is 4.39 Å². The van der Waals surface area contributed by atoms with Crippen molar-refractivity contribution in [1.82, 2.24) is 4.90 Å². The van der Waals surface area contributed by atoms with Crippen LogP contribution >= 0.6 is 23.2 Å². The Morgan fingerprint density at radius 1 is 1.40 bits per heavy atom. The maximum absolute atomic E-state index is 13.3. The van der Waals surface area contributed by atoms with Gasteiger partial charge in [-0.15, -0.1) is 11.6 Å². The molecule has 0 radical (unpaired) electrons. The topological polar surface area (TPSA) is 3.24 Å². The van der Waals surface area contributed by atoms with E-state index in [0.717, 1.165) is 12.1 Å². The molecule has 1 aromatic rings. The van der Waals surface area contributed by atoms with E-state index in [-0.39, 0.29) is 5.82 Å². The molecule has 0 heterocycles. The minimum absolute atomic E-state index is 0.206. The third-order valence-corrected chi connectivity index (χ3v) is 3.05. The highest BCUT2D eigenvalue weighted by Crippen LogP contribution is 2.21. The summed E-state index contributed by atoms with van der Waals surface area (Å²) in [5.41, 5.74) is 1.41.